The van der Waals surface area contributed by atoms with Crippen molar-refractivity contribution in [1.29, 1.82) is 0 Å². The number of carbonyl (C=O) groups excluding carboxylic acids is 1. The van der Waals surface area contributed by atoms with Crippen molar-refractivity contribution < 1.29 is 13.2 Å². The fourth-order valence-electron chi connectivity index (χ4n) is 2.85. The number of sulfonamides is 1. The van der Waals surface area contributed by atoms with E-state index in [0.29, 0.717) is 6.54 Å². The summed E-state index contributed by atoms with van der Waals surface area (Å²) in [6, 6.07) is -0.662. The van der Waals surface area contributed by atoms with Crippen molar-refractivity contribution in [2.24, 2.45) is 0 Å². The number of hydrogen-bond donors (Lipinski definition) is 1. The molecule has 1 aliphatic rings. The van der Waals surface area contributed by atoms with E-state index in [9.17, 15) is 13.2 Å². The highest BCUT2D eigenvalue weighted by Gasteiger charge is 2.25. The standard InChI is InChI=1S/C15H31N3O3S/c1-13(2)18(15(19)14(3)16-22(4,20)21)12-11-17-9-7-5-6-8-10-17/h13-14,16H,5-12H2,1-4H3/t14-/m1/s1. The van der Waals surface area contributed by atoms with Crippen molar-refractivity contribution >= 4 is 15.9 Å². The molecule has 0 aromatic rings. The molecule has 7 heteroatoms. The molecule has 1 atom stereocenters. The zero-order valence-corrected chi connectivity index (χ0v) is 15.2. The Morgan fingerprint density at radius 1 is 1.14 bits per heavy atom. The third kappa shape index (κ3) is 7.07. The Balaban J connectivity index is 2.58. The van der Waals surface area contributed by atoms with Crippen LogP contribution in [-0.4, -0.2) is 68.6 Å². The van der Waals surface area contributed by atoms with Gasteiger partial charge in [0.15, 0.2) is 0 Å². The molecule has 0 aromatic heterocycles. The SMILES string of the molecule is CC(C)N(CCN1CCCCCC1)C(=O)[C@@H](C)NS(C)(=O)=O. The number of carbonyl (C=O) groups is 1. The lowest BCUT2D eigenvalue weighted by atomic mass is 10.2. The maximum absolute atomic E-state index is 12.5. The van der Waals surface area contributed by atoms with E-state index < -0.39 is 16.1 Å². The van der Waals surface area contributed by atoms with Gasteiger partial charge < -0.3 is 9.80 Å². The van der Waals surface area contributed by atoms with Crippen molar-refractivity contribution in [2.75, 3.05) is 32.4 Å². The molecule has 1 fully saturated rings. The van der Waals surface area contributed by atoms with Gasteiger partial charge in [-0.3, -0.25) is 4.79 Å². The molecule has 0 radical (unpaired) electrons. The Kier molecular flexibility index (Phi) is 7.79. The molecule has 0 saturated carbocycles. The molecule has 0 unspecified atom stereocenters. The smallest absolute Gasteiger partial charge is 0.240 e. The normalized spacial score (nSPS) is 19.0. The quantitative estimate of drug-likeness (QED) is 0.756. The van der Waals surface area contributed by atoms with Gasteiger partial charge in [-0.25, -0.2) is 13.1 Å². The Labute approximate surface area is 135 Å². The first kappa shape index (κ1) is 19.4. The molecule has 1 heterocycles. The van der Waals surface area contributed by atoms with Gasteiger partial charge in [0.05, 0.1) is 12.3 Å². The maximum Gasteiger partial charge on any atom is 0.240 e. The molecule has 0 spiro atoms. The van der Waals surface area contributed by atoms with Crippen LogP contribution >= 0.6 is 0 Å². The number of nitrogens with zero attached hydrogens (tertiary/aromatic N) is 2. The van der Waals surface area contributed by atoms with Crippen LogP contribution < -0.4 is 4.72 Å². The van der Waals surface area contributed by atoms with Crippen LogP contribution in [0.1, 0.15) is 46.5 Å². The van der Waals surface area contributed by atoms with E-state index in [2.05, 4.69) is 9.62 Å². The molecule has 1 amide bonds. The van der Waals surface area contributed by atoms with E-state index in [1.54, 1.807) is 11.8 Å². The molecule has 0 bridgehead atoms. The summed E-state index contributed by atoms with van der Waals surface area (Å²) in [5, 5.41) is 0. The zero-order valence-electron chi connectivity index (χ0n) is 14.3. The fourth-order valence-corrected chi connectivity index (χ4v) is 3.60. The fraction of sp³-hybridized carbons (Fsp3) is 0.933. The molecule has 0 aliphatic carbocycles. The van der Waals surface area contributed by atoms with E-state index in [4.69, 9.17) is 0 Å². The highest BCUT2D eigenvalue weighted by molar-refractivity contribution is 7.88. The minimum absolute atomic E-state index is 0.0586. The van der Waals surface area contributed by atoms with Crippen LogP contribution in [0.3, 0.4) is 0 Å². The Hall–Kier alpha value is -0.660. The van der Waals surface area contributed by atoms with Gasteiger partial charge in [0.2, 0.25) is 15.9 Å². The summed E-state index contributed by atoms with van der Waals surface area (Å²) in [5.41, 5.74) is 0. The third-order valence-corrected chi connectivity index (χ3v) is 4.81. The van der Waals surface area contributed by atoms with Crippen molar-refractivity contribution in [3.63, 3.8) is 0 Å². The molecule has 130 valence electrons. The second-order valence-electron chi connectivity index (χ2n) is 6.49. The van der Waals surface area contributed by atoms with Crippen LogP contribution in [0.4, 0.5) is 0 Å². The van der Waals surface area contributed by atoms with Crippen molar-refractivity contribution in [3.05, 3.63) is 0 Å². The van der Waals surface area contributed by atoms with Gasteiger partial charge in [0.1, 0.15) is 0 Å². The first-order valence-corrected chi connectivity index (χ1v) is 10.1. The summed E-state index contributed by atoms with van der Waals surface area (Å²) < 4.78 is 25.0. The van der Waals surface area contributed by atoms with E-state index in [0.717, 1.165) is 25.9 Å². The highest BCUT2D eigenvalue weighted by Crippen LogP contribution is 2.10. The van der Waals surface area contributed by atoms with Gasteiger partial charge in [-0.15, -0.1) is 0 Å². The second kappa shape index (κ2) is 8.84. The molecule has 1 saturated heterocycles. The molecule has 1 N–H and O–H groups in total. The molecule has 1 aliphatic heterocycles. The first-order valence-electron chi connectivity index (χ1n) is 8.21. The average molecular weight is 333 g/mol. The molecule has 22 heavy (non-hydrogen) atoms. The number of nitrogens with one attached hydrogen (secondary N) is 1. The molecular formula is C15H31N3O3S. The zero-order chi connectivity index (χ0) is 16.8. The predicted octanol–water partition coefficient (Wildman–Crippen LogP) is 1.04. The monoisotopic (exact) mass is 333 g/mol. The van der Waals surface area contributed by atoms with Crippen LogP contribution in [0.5, 0.6) is 0 Å². The van der Waals surface area contributed by atoms with Crippen LogP contribution in [0, 0.1) is 0 Å². The molecule has 0 aromatic carbocycles. The minimum Gasteiger partial charge on any atom is -0.338 e. The van der Waals surface area contributed by atoms with E-state index in [-0.39, 0.29) is 11.9 Å². The third-order valence-electron chi connectivity index (χ3n) is 4.02. The Morgan fingerprint density at radius 2 is 1.68 bits per heavy atom. The van der Waals surface area contributed by atoms with E-state index in [1.165, 1.54) is 25.7 Å². The number of rotatable bonds is 7. The van der Waals surface area contributed by atoms with Crippen LogP contribution in [0.15, 0.2) is 0 Å². The highest BCUT2D eigenvalue weighted by atomic mass is 32.2. The van der Waals surface area contributed by atoms with Gasteiger partial charge in [-0.2, -0.15) is 0 Å². The Morgan fingerprint density at radius 3 is 2.14 bits per heavy atom. The minimum atomic E-state index is -3.38. The van der Waals surface area contributed by atoms with Crippen LogP contribution in [-0.2, 0) is 14.8 Å². The number of amides is 1. The topological polar surface area (TPSA) is 69.7 Å². The van der Waals surface area contributed by atoms with E-state index in [1.807, 2.05) is 13.8 Å². The van der Waals surface area contributed by atoms with Gasteiger partial charge in [-0.1, -0.05) is 12.8 Å². The van der Waals surface area contributed by atoms with Gasteiger partial charge in [-0.05, 0) is 46.7 Å². The lowest BCUT2D eigenvalue weighted by molar-refractivity contribution is -0.134. The van der Waals surface area contributed by atoms with Gasteiger partial charge in [0, 0.05) is 19.1 Å². The summed E-state index contributed by atoms with van der Waals surface area (Å²) in [6.45, 7) is 9.22. The van der Waals surface area contributed by atoms with Crippen molar-refractivity contribution in [2.45, 2.75) is 58.5 Å². The van der Waals surface area contributed by atoms with Gasteiger partial charge in [0.25, 0.3) is 0 Å². The number of hydrogen-bond acceptors (Lipinski definition) is 4. The summed E-state index contributed by atoms with van der Waals surface area (Å²) in [7, 11) is -3.38. The summed E-state index contributed by atoms with van der Waals surface area (Å²) in [5.74, 6) is -0.157. The average Bonchev–Trinajstić information content (AvgIpc) is 2.65. The van der Waals surface area contributed by atoms with Crippen molar-refractivity contribution in [3.8, 4) is 0 Å². The Bertz CT molecular complexity index is 443. The van der Waals surface area contributed by atoms with E-state index >= 15 is 0 Å². The van der Waals surface area contributed by atoms with Gasteiger partial charge >= 0.3 is 0 Å². The number of likely N-dealkylation sites (tertiary alicyclic amines) is 1. The van der Waals surface area contributed by atoms with Crippen LogP contribution in [0.2, 0.25) is 0 Å². The second-order valence-corrected chi connectivity index (χ2v) is 8.27. The lowest BCUT2D eigenvalue weighted by Crippen LogP contribution is -2.51. The summed E-state index contributed by atoms with van der Waals surface area (Å²) in [6.07, 6.45) is 6.11. The first-order chi connectivity index (χ1) is 10.2. The maximum atomic E-state index is 12.5. The van der Waals surface area contributed by atoms with Crippen LogP contribution in [0.25, 0.3) is 0 Å². The molecular weight excluding hydrogens is 302 g/mol. The summed E-state index contributed by atoms with van der Waals surface area (Å²) in [4.78, 5) is 16.7. The summed E-state index contributed by atoms with van der Waals surface area (Å²) >= 11 is 0. The van der Waals surface area contributed by atoms with Crippen molar-refractivity contribution in [1.82, 2.24) is 14.5 Å². The molecule has 6 nitrogen and oxygen atoms in total. The predicted molar refractivity (Wildman–Crippen MR) is 89.2 cm³/mol. The largest absolute Gasteiger partial charge is 0.338 e. The lowest BCUT2D eigenvalue weighted by Gasteiger charge is -2.32. The molecule has 1 rings (SSSR count).